The highest BCUT2D eigenvalue weighted by atomic mass is 16.6. The molecule has 0 radical (unpaired) electrons. The number of carboxylic acid groups (broad SMARTS) is 1. The predicted octanol–water partition coefficient (Wildman–Crippen LogP) is 5.13. The highest BCUT2D eigenvalue weighted by Crippen LogP contribution is 2.12. The van der Waals surface area contributed by atoms with Gasteiger partial charge in [0.05, 0.1) is 6.42 Å². The Morgan fingerprint density at radius 1 is 0.963 bits per heavy atom. The molecule has 1 N–H and O–H groups in total. The number of ether oxygens (including phenoxy) is 1. The largest absolute Gasteiger partial charge is 0.481 e. The molecule has 0 amide bonds. The maximum atomic E-state index is 11.6. The fourth-order valence-electron chi connectivity index (χ4n) is 2.63. The highest BCUT2D eigenvalue weighted by Gasteiger charge is 2.15. The number of hydrogen-bond acceptors (Lipinski definition) is 3. The lowest BCUT2D eigenvalue weighted by Crippen LogP contribution is -2.23. The summed E-state index contributed by atoms with van der Waals surface area (Å²) in [6.07, 6.45) is 7.92. The fourth-order valence-corrected chi connectivity index (χ4v) is 2.63. The Hall–Kier alpha value is -2.28. The third-order valence-electron chi connectivity index (χ3n) is 3.89. The SMILES string of the molecule is CC(C)(C)OC(=O)CCCCCCCCC#Cc1ccc(CC(=O)O)cc1. The van der Waals surface area contributed by atoms with Crippen molar-refractivity contribution in [3.63, 3.8) is 0 Å². The van der Waals surface area contributed by atoms with Gasteiger partial charge in [-0.15, -0.1) is 0 Å². The van der Waals surface area contributed by atoms with Gasteiger partial charge in [-0.1, -0.05) is 49.7 Å². The van der Waals surface area contributed by atoms with Crippen molar-refractivity contribution in [2.24, 2.45) is 0 Å². The topological polar surface area (TPSA) is 63.6 Å². The molecule has 1 aromatic carbocycles. The van der Waals surface area contributed by atoms with Crippen molar-refractivity contribution >= 4 is 11.9 Å². The minimum atomic E-state index is -0.821. The summed E-state index contributed by atoms with van der Waals surface area (Å²) < 4.78 is 5.29. The van der Waals surface area contributed by atoms with E-state index in [9.17, 15) is 9.59 Å². The van der Waals surface area contributed by atoms with Gasteiger partial charge in [-0.05, 0) is 51.3 Å². The van der Waals surface area contributed by atoms with Crippen molar-refractivity contribution in [2.45, 2.75) is 84.2 Å². The summed E-state index contributed by atoms with van der Waals surface area (Å²) in [5.74, 6) is 5.37. The summed E-state index contributed by atoms with van der Waals surface area (Å²) in [7, 11) is 0. The Morgan fingerprint density at radius 2 is 1.56 bits per heavy atom. The molecule has 1 rings (SSSR count). The van der Waals surface area contributed by atoms with Crippen LogP contribution in [0.5, 0.6) is 0 Å². The summed E-state index contributed by atoms with van der Waals surface area (Å²) in [6.45, 7) is 5.67. The Labute approximate surface area is 163 Å². The zero-order valence-electron chi connectivity index (χ0n) is 16.8. The van der Waals surface area contributed by atoms with E-state index in [0.717, 1.165) is 49.7 Å². The van der Waals surface area contributed by atoms with E-state index in [1.54, 1.807) is 0 Å². The summed E-state index contributed by atoms with van der Waals surface area (Å²) in [5, 5.41) is 8.74. The van der Waals surface area contributed by atoms with Crippen LogP contribution in [0.4, 0.5) is 0 Å². The maximum absolute atomic E-state index is 11.6. The Balaban J connectivity index is 2.06. The molecule has 0 unspecified atom stereocenters. The molecule has 0 spiro atoms. The van der Waals surface area contributed by atoms with Gasteiger partial charge in [0.25, 0.3) is 0 Å². The minimum Gasteiger partial charge on any atom is -0.481 e. The van der Waals surface area contributed by atoms with Gasteiger partial charge in [0.1, 0.15) is 5.60 Å². The van der Waals surface area contributed by atoms with Gasteiger partial charge in [0.2, 0.25) is 0 Å². The molecular weight excluding hydrogens is 340 g/mol. The molecule has 0 fully saturated rings. The first kappa shape index (κ1) is 22.8. The molecule has 0 heterocycles. The molecule has 0 aliphatic heterocycles. The lowest BCUT2D eigenvalue weighted by molar-refractivity contribution is -0.155. The van der Waals surface area contributed by atoms with Crippen LogP contribution < -0.4 is 0 Å². The lowest BCUT2D eigenvalue weighted by Gasteiger charge is -2.19. The van der Waals surface area contributed by atoms with E-state index < -0.39 is 11.6 Å². The number of unbranched alkanes of at least 4 members (excludes halogenated alkanes) is 6. The predicted molar refractivity (Wildman–Crippen MR) is 107 cm³/mol. The first-order chi connectivity index (χ1) is 12.8. The molecular formula is C23H32O4. The molecule has 4 nitrogen and oxygen atoms in total. The quantitative estimate of drug-likeness (QED) is 0.351. The van der Waals surface area contributed by atoms with Crippen LogP contribution in [0.3, 0.4) is 0 Å². The van der Waals surface area contributed by atoms with Crippen LogP contribution in [0, 0.1) is 11.8 Å². The average Bonchev–Trinajstić information content (AvgIpc) is 2.56. The van der Waals surface area contributed by atoms with Crippen LogP contribution in [0.1, 0.15) is 83.3 Å². The van der Waals surface area contributed by atoms with Crippen molar-refractivity contribution in [3.8, 4) is 11.8 Å². The zero-order chi connectivity index (χ0) is 20.1. The molecule has 148 valence electrons. The van der Waals surface area contributed by atoms with Gasteiger partial charge in [0, 0.05) is 18.4 Å². The summed E-state index contributed by atoms with van der Waals surface area (Å²) in [4.78, 5) is 22.2. The van der Waals surface area contributed by atoms with Crippen molar-refractivity contribution in [3.05, 3.63) is 35.4 Å². The number of aliphatic carboxylic acids is 1. The van der Waals surface area contributed by atoms with Crippen molar-refractivity contribution < 1.29 is 19.4 Å². The van der Waals surface area contributed by atoms with Crippen molar-refractivity contribution in [1.82, 2.24) is 0 Å². The van der Waals surface area contributed by atoms with Crippen LogP contribution >= 0.6 is 0 Å². The molecule has 4 heteroatoms. The molecule has 0 bridgehead atoms. The first-order valence-electron chi connectivity index (χ1n) is 9.78. The summed E-state index contributed by atoms with van der Waals surface area (Å²) >= 11 is 0. The molecule has 1 aromatic rings. The third kappa shape index (κ3) is 12.7. The first-order valence-corrected chi connectivity index (χ1v) is 9.78. The van der Waals surface area contributed by atoms with Crippen LogP contribution in [-0.2, 0) is 20.7 Å². The molecule has 0 aliphatic carbocycles. The van der Waals surface area contributed by atoms with Crippen molar-refractivity contribution in [1.29, 1.82) is 0 Å². The number of carbonyl (C=O) groups excluding carboxylic acids is 1. The Morgan fingerprint density at radius 3 is 2.15 bits per heavy atom. The van der Waals surface area contributed by atoms with Crippen molar-refractivity contribution in [2.75, 3.05) is 0 Å². The summed E-state index contributed by atoms with van der Waals surface area (Å²) in [5.41, 5.74) is 1.32. The molecule has 0 saturated heterocycles. The minimum absolute atomic E-state index is 0.0471. The zero-order valence-corrected chi connectivity index (χ0v) is 16.8. The van der Waals surface area contributed by atoms with Crippen LogP contribution in [0.25, 0.3) is 0 Å². The van der Waals surface area contributed by atoms with E-state index in [0.29, 0.717) is 6.42 Å². The maximum Gasteiger partial charge on any atom is 0.307 e. The number of benzene rings is 1. The number of esters is 1. The van der Waals surface area contributed by atoms with Crippen LogP contribution in [0.2, 0.25) is 0 Å². The lowest BCUT2D eigenvalue weighted by atomic mass is 10.1. The van der Waals surface area contributed by atoms with Gasteiger partial charge >= 0.3 is 11.9 Å². The monoisotopic (exact) mass is 372 g/mol. The van der Waals surface area contributed by atoms with E-state index >= 15 is 0 Å². The van der Waals surface area contributed by atoms with Gasteiger partial charge in [0.15, 0.2) is 0 Å². The molecule has 0 saturated carbocycles. The standard InChI is InChI=1S/C23H32O4/c1-23(2,3)27-22(26)13-11-9-7-5-4-6-8-10-12-19-14-16-20(17-15-19)18-21(24)25/h14-17H,4-9,11,13,18H2,1-3H3,(H,24,25). The van der Waals surface area contributed by atoms with Crippen LogP contribution in [-0.4, -0.2) is 22.6 Å². The molecule has 0 aromatic heterocycles. The third-order valence-corrected chi connectivity index (χ3v) is 3.89. The molecule has 27 heavy (non-hydrogen) atoms. The van der Waals surface area contributed by atoms with E-state index in [4.69, 9.17) is 9.84 Å². The number of carboxylic acids is 1. The van der Waals surface area contributed by atoms with Gasteiger partial charge in [-0.3, -0.25) is 9.59 Å². The smallest absolute Gasteiger partial charge is 0.307 e. The van der Waals surface area contributed by atoms with Crippen LogP contribution in [0.15, 0.2) is 24.3 Å². The average molecular weight is 373 g/mol. The van der Waals surface area contributed by atoms with E-state index in [2.05, 4.69) is 11.8 Å². The van der Waals surface area contributed by atoms with E-state index in [1.165, 1.54) is 6.42 Å². The second-order valence-corrected chi connectivity index (χ2v) is 7.78. The second kappa shape index (κ2) is 12.2. The summed E-state index contributed by atoms with van der Waals surface area (Å²) in [6, 6.07) is 7.37. The van der Waals surface area contributed by atoms with Gasteiger partial charge in [-0.25, -0.2) is 0 Å². The van der Waals surface area contributed by atoms with E-state index in [-0.39, 0.29) is 12.4 Å². The Kier molecular flexibility index (Phi) is 10.3. The normalized spacial score (nSPS) is 10.8. The van der Waals surface area contributed by atoms with Gasteiger partial charge in [-0.2, -0.15) is 0 Å². The number of hydrogen-bond donors (Lipinski definition) is 1. The Bertz CT molecular complexity index is 642. The van der Waals surface area contributed by atoms with E-state index in [1.807, 2.05) is 45.0 Å². The molecule has 0 atom stereocenters. The van der Waals surface area contributed by atoms with Gasteiger partial charge < -0.3 is 9.84 Å². The fraction of sp³-hybridized carbons (Fsp3) is 0.565. The highest BCUT2D eigenvalue weighted by molar-refractivity contribution is 5.70. The molecule has 0 aliphatic rings. The number of carbonyl (C=O) groups is 2. The number of rotatable bonds is 10. The second-order valence-electron chi connectivity index (χ2n) is 7.78.